The normalized spacial score (nSPS) is 37.4. The van der Waals surface area contributed by atoms with Crippen LogP contribution in [0.25, 0.3) is 0 Å². The standard InChI is InChI=1S/C22H32O6/c1-7-10-21-13-19(26-5)16(23)12-22(21,27-6)28-20(14(21)2)15-8-9-17(24-3)18(11-15)25-4/h7-9,11,14,16,19-20,23H,1,10,12-13H2,2-6H3/t14-,16-,19-,20-,21-,22+/m1/s1. The number of hydrogen-bond donors (Lipinski definition) is 1. The number of methoxy groups -OCH3 is 4. The van der Waals surface area contributed by atoms with E-state index in [1.54, 1.807) is 28.4 Å². The molecule has 1 N–H and O–H groups in total. The van der Waals surface area contributed by atoms with E-state index in [1.165, 1.54) is 0 Å². The minimum absolute atomic E-state index is 0.105. The minimum atomic E-state index is -0.910. The second-order valence-electron chi connectivity index (χ2n) is 7.80. The number of ether oxygens (including phenoxy) is 5. The van der Waals surface area contributed by atoms with E-state index in [-0.39, 0.29) is 23.5 Å². The average molecular weight is 392 g/mol. The van der Waals surface area contributed by atoms with Crippen molar-refractivity contribution in [3.8, 4) is 11.5 Å². The molecule has 1 heterocycles. The molecule has 0 unspecified atom stereocenters. The number of aliphatic hydroxyl groups excluding tert-OH is 1. The molecule has 28 heavy (non-hydrogen) atoms. The molecule has 0 radical (unpaired) electrons. The van der Waals surface area contributed by atoms with E-state index in [4.69, 9.17) is 23.7 Å². The number of allylic oxidation sites excluding steroid dienone is 1. The lowest BCUT2D eigenvalue weighted by atomic mass is 9.59. The third-order valence-corrected chi connectivity index (χ3v) is 6.75. The lowest BCUT2D eigenvalue weighted by Crippen LogP contribution is -2.59. The first-order chi connectivity index (χ1) is 13.4. The van der Waals surface area contributed by atoms with Crippen LogP contribution >= 0.6 is 0 Å². The summed E-state index contributed by atoms with van der Waals surface area (Å²) in [5, 5.41) is 10.6. The molecule has 1 saturated carbocycles. The van der Waals surface area contributed by atoms with Crippen LogP contribution in [0.3, 0.4) is 0 Å². The van der Waals surface area contributed by atoms with Gasteiger partial charge < -0.3 is 28.8 Å². The van der Waals surface area contributed by atoms with E-state index in [1.807, 2.05) is 24.3 Å². The van der Waals surface area contributed by atoms with Crippen molar-refractivity contribution in [3.05, 3.63) is 36.4 Å². The SMILES string of the molecule is C=CC[C@]12C[C@@H](OC)[C@H](O)C[C@]1(OC)O[C@@H](c1ccc(OC)c(OC)c1)[C@H]2C. The molecular weight excluding hydrogens is 360 g/mol. The van der Waals surface area contributed by atoms with Crippen molar-refractivity contribution in [2.75, 3.05) is 28.4 Å². The zero-order valence-corrected chi connectivity index (χ0v) is 17.4. The summed E-state index contributed by atoms with van der Waals surface area (Å²) in [4.78, 5) is 0. The second kappa shape index (κ2) is 8.03. The first kappa shape index (κ1) is 21.1. The predicted octanol–water partition coefficient (Wildman–Crippen LogP) is 3.49. The maximum absolute atomic E-state index is 10.6. The van der Waals surface area contributed by atoms with Crippen molar-refractivity contribution >= 4 is 0 Å². The van der Waals surface area contributed by atoms with Crippen LogP contribution < -0.4 is 9.47 Å². The summed E-state index contributed by atoms with van der Waals surface area (Å²) < 4.78 is 29.1. The number of rotatable bonds is 7. The maximum atomic E-state index is 10.6. The van der Waals surface area contributed by atoms with Crippen LogP contribution in [-0.4, -0.2) is 51.5 Å². The van der Waals surface area contributed by atoms with Crippen LogP contribution in [0.4, 0.5) is 0 Å². The van der Waals surface area contributed by atoms with Gasteiger partial charge in [-0.1, -0.05) is 19.1 Å². The monoisotopic (exact) mass is 392 g/mol. The van der Waals surface area contributed by atoms with Gasteiger partial charge in [-0.25, -0.2) is 0 Å². The fourth-order valence-electron chi connectivity index (χ4n) is 5.20. The molecule has 1 aliphatic heterocycles. The van der Waals surface area contributed by atoms with Crippen LogP contribution in [0.2, 0.25) is 0 Å². The highest BCUT2D eigenvalue weighted by molar-refractivity contribution is 5.44. The summed E-state index contributed by atoms with van der Waals surface area (Å²) in [6.45, 7) is 6.15. The van der Waals surface area contributed by atoms with Crippen LogP contribution in [0.1, 0.15) is 37.9 Å². The maximum Gasteiger partial charge on any atom is 0.177 e. The Balaban J connectivity index is 2.06. The van der Waals surface area contributed by atoms with Crippen LogP contribution in [0, 0.1) is 11.3 Å². The third-order valence-electron chi connectivity index (χ3n) is 6.75. The Morgan fingerprint density at radius 3 is 2.46 bits per heavy atom. The van der Waals surface area contributed by atoms with Gasteiger partial charge in [0.05, 0.1) is 32.5 Å². The molecule has 0 spiro atoms. The van der Waals surface area contributed by atoms with Crippen molar-refractivity contribution < 1.29 is 28.8 Å². The van der Waals surface area contributed by atoms with E-state index < -0.39 is 11.9 Å². The van der Waals surface area contributed by atoms with E-state index in [2.05, 4.69) is 13.5 Å². The smallest absolute Gasteiger partial charge is 0.177 e. The molecule has 3 rings (SSSR count). The van der Waals surface area contributed by atoms with Crippen molar-refractivity contribution in [2.45, 2.75) is 50.3 Å². The predicted molar refractivity (Wildman–Crippen MR) is 106 cm³/mol. The minimum Gasteiger partial charge on any atom is -0.493 e. The molecule has 0 amide bonds. The van der Waals surface area contributed by atoms with Gasteiger partial charge in [-0.2, -0.15) is 0 Å². The Bertz CT molecular complexity index is 706. The summed E-state index contributed by atoms with van der Waals surface area (Å²) >= 11 is 0. The molecule has 1 saturated heterocycles. The Kier molecular flexibility index (Phi) is 6.05. The van der Waals surface area contributed by atoms with E-state index >= 15 is 0 Å². The number of fused-ring (bicyclic) bond motifs is 1. The lowest BCUT2D eigenvalue weighted by Gasteiger charge is -2.51. The zero-order chi connectivity index (χ0) is 20.5. The summed E-state index contributed by atoms with van der Waals surface area (Å²) in [7, 11) is 6.53. The van der Waals surface area contributed by atoms with Crippen molar-refractivity contribution in [1.82, 2.24) is 0 Å². The van der Waals surface area contributed by atoms with Gasteiger partial charge in [0, 0.05) is 26.1 Å². The van der Waals surface area contributed by atoms with Gasteiger partial charge in [0.2, 0.25) is 0 Å². The molecular formula is C22H32O6. The van der Waals surface area contributed by atoms with Gasteiger partial charge in [-0.3, -0.25) is 0 Å². The van der Waals surface area contributed by atoms with Gasteiger partial charge in [0.25, 0.3) is 0 Å². The highest BCUT2D eigenvalue weighted by Gasteiger charge is 2.67. The number of benzene rings is 1. The van der Waals surface area contributed by atoms with Gasteiger partial charge in [0.1, 0.15) is 0 Å². The summed E-state index contributed by atoms with van der Waals surface area (Å²) in [6, 6.07) is 5.83. The summed E-state index contributed by atoms with van der Waals surface area (Å²) in [6.07, 6.45) is 2.47. The Morgan fingerprint density at radius 2 is 1.89 bits per heavy atom. The molecule has 156 valence electrons. The highest BCUT2D eigenvalue weighted by Crippen LogP contribution is 2.64. The highest BCUT2D eigenvalue weighted by atomic mass is 16.7. The first-order valence-electron chi connectivity index (χ1n) is 9.68. The Morgan fingerprint density at radius 1 is 1.18 bits per heavy atom. The van der Waals surface area contributed by atoms with Crippen molar-refractivity contribution in [3.63, 3.8) is 0 Å². The Labute approximate surface area is 167 Å². The molecule has 6 heteroatoms. The molecule has 1 aromatic rings. The molecule has 6 atom stereocenters. The fraction of sp³-hybridized carbons (Fsp3) is 0.636. The second-order valence-corrected chi connectivity index (χ2v) is 7.80. The average Bonchev–Trinajstić information content (AvgIpc) is 2.96. The largest absolute Gasteiger partial charge is 0.493 e. The quantitative estimate of drug-likeness (QED) is 0.717. The number of aliphatic hydroxyl groups is 1. The first-order valence-corrected chi connectivity index (χ1v) is 9.68. The molecule has 6 nitrogen and oxygen atoms in total. The summed E-state index contributed by atoms with van der Waals surface area (Å²) in [5.41, 5.74) is 0.629. The van der Waals surface area contributed by atoms with E-state index in [0.29, 0.717) is 30.8 Å². The lowest BCUT2D eigenvalue weighted by molar-refractivity contribution is -0.300. The number of hydrogen-bond acceptors (Lipinski definition) is 6. The van der Waals surface area contributed by atoms with Crippen LogP contribution in [0.15, 0.2) is 30.9 Å². The molecule has 2 aliphatic rings. The third kappa shape index (κ3) is 3.03. The molecule has 1 aliphatic carbocycles. The Hall–Kier alpha value is -1.60. The fourth-order valence-corrected chi connectivity index (χ4v) is 5.20. The molecule has 2 fully saturated rings. The van der Waals surface area contributed by atoms with Crippen molar-refractivity contribution in [2.24, 2.45) is 11.3 Å². The molecule has 0 bridgehead atoms. The van der Waals surface area contributed by atoms with Crippen LogP contribution in [0.5, 0.6) is 11.5 Å². The van der Waals surface area contributed by atoms with Gasteiger partial charge in [0.15, 0.2) is 17.3 Å². The summed E-state index contributed by atoms with van der Waals surface area (Å²) in [5.74, 6) is 0.525. The van der Waals surface area contributed by atoms with Crippen molar-refractivity contribution in [1.29, 1.82) is 0 Å². The molecule has 1 aromatic carbocycles. The van der Waals surface area contributed by atoms with Gasteiger partial charge in [-0.05, 0) is 36.5 Å². The van der Waals surface area contributed by atoms with E-state index in [0.717, 1.165) is 5.56 Å². The van der Waals surface area contributed by atoms with Gasteiger partial charge >= 0.3 is 0 Å². The topological polar surface area (TPSA) is 66.4 Å². The van der Waals surface area contributed by atoms with E-state index in [9.17, 15) is 5.11 Å². The van der Waals surface area contributed by atoms with Crippen LogP contribution in [-0.2, 0) is 14.2 Å². The van der Waals surface area contributed by atoms with Gasteiger partial charge in [-0.15, -0.1) is 6.58 Å². The zero-order valence-electron chi connectivity index (χ0n) is 17.4. The molecule has 0 aromatic heterocycles.